The molecular weight excluding hydrogens is 328 g/mol. The number of fused-ring (bicyclic) bond motifs is 1. The van der Waals surface area contributed by atoms with Crippen molar-refractivity contribution < 1.29 is 18.8 Å². The Morgan fingerprint density at radius 1 is 1.46 bits per heavy atom. The van der Waals surface area contributed by atoms with E-state index in [9.17, 15) is 9.59 Å². The highest BCUT2D eigenvalue weighted by Crippen LogP contribution is 2.32. The molecule has 0 bridgehead atoms. The van der Waals surface area contributed by atoms with Gasteiger partial charge in [-0.3, -0.25) is 4.79 Å². The SMILES string of the molecule is Cc1cc(NC(=O)[C@H](C)OC(=O)c2cc3c(s2)CC[C@@H](C)C3)no1. The third-order valence-electron chi connectivity index (χ3n) is 4.06. The standard InChI is InChI=1S/C17H20N2O4S/c1-9-4-5-13-12(6-9)8-14(24-13)17(21)22-11(3)16(20)18-15-7-10(2)23-19-15/h7-9,11H,4-6H2,1-3H3,(H,18,19,20)/t9-,11+/m1/s1. The van der Waals surface area contributed by atoms with Crippen LogP contribution in [0.3, 0.4) is 0 Å². The molecular formula is C17H20N2O4S. The first kappa shape index (κ1) is 16.7. The number of hydrogen-bond acceptors (Lipinski definition) is 6. The fraction of sp³-hybridized carbons (Fsp3) is 0.471. The van der Waals surface area contributed by atoms with Crippen LogP contribution in [-0.4, -0.2) is 23.1 Å². The van der Waals surface area contributed by atoms with E-state index in [1.165, 1.54) is 28.7 Å². The molecule has 128 valence electrons. The van der Waals surface area contributed by atoms with Crippen LogP contribution in [0, 0.1) is 12.8 Å². The average molecular weight is 348 g/mol. The molecule has 0 unspecified atom stereocenters. The highest BCUT2D eigenvalue weighted by molar-refractivity contribution is 7.14. The molecule has 0 radical (unpaired) electrons. The van der Waals surface area contributed by atoms with Gasteiger partial charge in [-0.15, -0.1) is 11.3 Å². The molecule has 0 saturated carbocycles. The van der Waals surface area contributed by atoms with E-state index in [0.717, 1.165) is 19.3 Å². The lowest BCUT2D eigenvalue weighted by molar-refractivity contribution is -0.123. The molecule has 0 aromatic carbocycles. The van der Waals surface area contributed by atoms with Crippen molar-refractivity contribution in [1.82, 2.24) is 5.16 Å². The van der Waals surface area contributed by atoms with Crippen LogP contribution >= 0.6 is 11.3 Å². The summed E-state index contributed by atoms with van der Waals surface area (Å²) in [5.74, 6) is 0.647. The Labute approximate surface area is 144 Å². The highest BCUT2D eigenvalue weighted by Gasteiger charge is 2.24. The van der Waals surface area contributed by atoms with Crippen molar-refractivity contribution in [1.29, 1.82) is 0 Å². The summed E-state index contributed by atoms with van der Waals surface area (Å²) in [7, 11) is 0. The van der Waals surface area contributed by atoms with Crippen LogP contribution in [0.2, 0.25) is 0 Å². The van der Waals surface area contributed by atoms with Gasteiger partial charge in [0.15, 0.2) is 11.9 Å². The predicted octanol–water partition coefficient (Wildman–Crippen LogP) is 3.35. The van der Waals surface area contributed by atoms with E-state index in [4.69, 9.17) is 9.26 Å². The van der Waals surface area contributed by atoms with Gasteiger partial charge >= 0.3 is 5.97 Å². The van der Waals surface area contributed by atoms with Gasteiger partial charge in [-0.25, -0.2) is 4.79 Å². The van der Waals surface area contributed by atoms with Crippen LogP contribution in [-0.2, 0) is 22.4 Å². The molecule has 1 aliphatic carbocycles. The second kappa shape index (κ2) is 6.76. The molecule has 2 aromatic heterocycles. The number of carbonyl (C=O) groups excluding carboxylic acids is 2. The van der Waals surface area contributed by atoms with Crippen molar-refractivity contribution in [3.8, 4) is 0 Å². The van der Waals surface area contributed by atoms with Gasteiger partial charge in [-0.1, -0.05) is 12.1 Å². The van der Waals surface area contributed by atoms with E-state index in [1.54, 1.807) is 13.0 Å². The molecule has 1 N–H and O–H groups in total. The topological polar surface area (TPSA) is 81.4 Å². The predicted molar refractivity (Wildman–Crippen MR) is 90.3 cm³/mol. The number of esters is 1. The molecule has 2 aromatic rings. The fourth-order valence-corrected chi connectivity index (χ4v) is 3.82. The monoisotopic (exact) mass is 348 g/mol. The Balaban J connectivity index is 1.60. The van der Waals surface area contributed by atoms with E-state index in [1.807, 2.05) is 6.07 Å². The summed E-state index contributed by atoms with van der Waals surface area (Å²) in [6.07, 6.45) is 2.25. The number of ether oxygens (including phenoxy) is 1. The van der Waals surface area contributed by atoms with Crippen molar-refractivity contribution in [2.24, 2.45) is 5.92 Å². The highest BCUT2D eigenvalue weighted by atomic mass is 32.1. The smallest absolute Gasteiger partial charge is 0.349 e. The van der Waals surface area contributed by atoms with Crippen LogP contribution in [0.5, 0.6) is 0 Å². The fourth-order valence-electron chi connectivity index (χ4n) is 2.73. The van der Waals surface area contributed by atoms with Gasteiger partial charge in [0.2, 0.25) is 0 Å². The van der Waals surface area contributed by atoms with E-state index in [0.29, 0.717) is 22.4 Å². The minimum Gasteiger partial charge on any atom is -0.448 e. The maximum atomic E-state index is 12.3. The van der Waals surface area contributed by atoms with Crippen LogP contribution in [0.25, 0.3) is 0 Å². The van der Waals surface area contributed by atoms with E-state index in [2.05, 4.69) is 17.4 Å². The second-order valence-electron chi connectivity index (χ2n) is 6.27. The number of hydrogen-bond donors (Lipinski definition) is 1. The number of carbonyl (C=O) groups is 2. The van der Waals surface area contributed by atoms with Crippen molar-refractivity contribution in [3.63, 3.8) is 0 Å². The van der Waals surface area contributed by atoms with Gasteiger partial charge in [0, 0.05) is 10.9 Å². The molecule has 0 aliphatic heterocycles. The van der Waals surface area contributed by atoms with Gasteiger partial charge < -0.3 is 14.6 Å². The lowest BCUT2D eigenvalue weighted by atomic mass is 9.90. The summed E-state index contributed by atoms with van der Waals surface area (Å²) in [5, 5.41) is 6.24. The summed E-state index contributed by atoms with van der Waals surface area (Å²) >= 11 is 1.47. The van der Waals surface area contributed by atoms with E-state index < -0.39 is 18.0 Å². The first-order valence-corrected chi connectivity index (χ1v) is 8.80. The number of nitrogens with one attached hydrogen (secondary N) is 1. The molecule has 24 heavy (non-hydrogen) atoms. The Hall–Kier alpha value is -2.15. The van der Waals surface area contributed by atoms with Crippen LogP contribution in [0.1, 0.15) is 46.1 Å². The molecule has 1 aliphatic rings. The zero-order chi connectivity index (χ0) is 17.3. The lowest BCUT2D eigenvalue weighted by Gasteiger charge is -2.16. The zero-order valence-electron chi connectivity index (χ0n) is 13.9. The van der Waals surface area contributed by atoms with Gasteiger partial charge in [0.25, 0.3) is 5.91 Å². The number of amides is 1. The number of rotatable bonds is 4. The third-order valence-corrected chi connectivity index (χ3v) is 5.28. The minimum absolute atomic E-state index is 0.306. The van der Waals surface area contributed by atoms with Gasteiger partial charge in [0.1, 0.15) is 10.6 Å². The Morgan fingerprint density at radius 3 is 2.96 bits per heavy atom. The van der Waals surface area contributed by atoms with Crippen molar-refractivity contribution in [2.45, 2.75) is 46.1 Å². The Bertz CT molecular complexity index is 764. The number of anilines is 1. The number of nitrogens with zero attached hydrogens (tertiary/aromatic N) is 1. The zero-order valence-corrected chi connectivity index (χ0v) is 14.7. The molecule has 0 fully saturated rings. The Kier molecular flexibility index (Phi) is 4.71. The van der Waals surface area contributed by atoms with Crippen LogP contribution in [0.15, 0.2) is 16.7 Å². The first-order valence-electron chi connectivity index (χ1n) is 7.99. The van der Waals surface area contributed by atoms with Gasteiger partial charge in [0.05, 0.1) is 0 Å². The first-order chi connectivity index (χ1) is 11.4. The molecule has 2 heterocycles. The Morgan fingerprint density at radius 2 is 2.25 bits per heavy atom. The normalized spacial score (nSPS) is 17.9. The van der Waals surface area contributed by atoms with Crippen LogP contribution in [0.4, 0.5) is 5.82 Å². The summed E-state index contributed by atoms with van der Waals surface area (Å²) in [4.78, 5) is 26.2. The van der Waals surface area contributed by atoms with Gasteiger partial charge in [-0.05, 0) is 50.7 Å². The number of aromatic nitrogens is 1. The average Bonchev–Trinajstić information content (AvgIpc) is 3.12. The second-order valence-corrected chi connectivity index (χ2v) is 7.40. The molecule has 6 nitrogen and oxygen atoms in total. The number of thiophene rings is 1. The summed E-state index contributed by atoms with van der Waals surface area (Å²) in [5.41, 5.74) is 1.24. The van der Waals surface area contributed by atoms with Crippen LogP contribution < -0.4 is 5.32 Å². The van der Waals surface area contributed by atoms with E-state index >= 15 is 0 Å². The maximum absolute atomic E-state index is 12.3. The maximum Gasteiger partial charge on any atom is 0.349 e. The van der Waals surface area contributed by atoms with Crippen molar-refractivity contribution in [2.75, 3.05) is 5.32 Å². The molecule has 1 amide bonds. The summed E-state index contributed by atoms with van der Waals surface area (Å²) < 4.78 is 10.2. The quantitative estimate of drug-likeness (QED) is 0.857. The largest absolute Gasteiger partial charge is 0.448 e. The molecule has 7 heteroatoms. The summed E-state index contributed by atoms with van der Waals surface area (Å²) in [6, 6.07) is 3.50. The van der Waals surface area contributed by atoms with E-state index in [-0.39, 0.29) is 0 Å². The van der Waals surface area contributed by atoms with Gasteiger partial charge in [-0.2, -0.15) is 0 Å². The molecule has 0 saturated heterocycles. The summed E-state index contributed by atoms with van der Waals surface area (Å²) in [6.45, 7) is 5.48. The van der Waals surface area contributed by atoms with Crippen molar-refractivity contribution >= 4 is 29.0 Å². The third kappa shape index (κ3) is 3.67. The number of aryl methyl sites for hydroxylation is 2. The molecule has 0 spiro atoms. The van der Waals surface area contributed by atoms with Crippen molar-refractivity contribution in [3.05, 3.63) is 33.2 Å². The molecule has 3 rings (SSSR count). The lowest BCUT2D eigenvalue weighted by Crippen LogP contribution is -2.29. The minimum atomic E-state index is -0.910. The molecule has 2 atom stereocenters.